The van der Waals surface area contributed by atoms with Crippen LogP contribution in [-0.2, 0) is 19.1 Å². The van der Waals surface area contributed by atoms with Gasteiger partial charge < -0.3 is 9.55 Å². The lowest BCUT2D eigenvalue weighted by Crippen LogP contribution is -2.36. The monoisotopic (exact) mass is 474 g/mol. The normalized spacial score (nSPS) is 11.6. The number of halogens is 3. The third kappa shape index (κ3) is 4.72. The first-order valence-electron chi connectivity index (χ1n) is 9.85. The van der Waals surface area contributed by atoms with Gasteiger partial charge in [0.05, 0.1) is 16.6 Å². The molecule has 2 N–H and O–H groups in total. The summed E-state index contributed by atoms with van der Waals surface area (Å²) in [6.45, 7) is 2.04. The number of fused-ring (bicyclic) bond motifs is 1. The molecule has 0 spiro atoms. The molecular formula is C22H17F3N4O3S. The smallest absolute Gasteiger partial charge is 0.316 e. The first kappa shape index (κ1) is 22.5. The molecule has 4 aromatic rings. The largest absolute Gasteiger partial charge is 0.416 e. The summed E-state index contributed by atoms with van der Waals surface area (Å²) in [7, 11) is 0. The molecule has 2 heterocycles. The van der Waals surface area contributed by atoms with Crippen molar-refractivity contribution in [2.24, 2.45) is 0 Å². The van der Waals surface area contributed by atoms with E-state index in [1.807, 2.05) is 0 Å². The van der Waals surface area contributed by atoms with Crippen LogP contribution in [0.4, 0.5) is 18.3 Å². The summed E-state index contributed by atoms with van der Waals surface area (Å²) in [6.07, 6.45) is -2.68. The Hall–Kier alpha value is -3.73. The fourth-order valence-corrected chi connectivity index (χ4v) is 4.25. The maximum atomic E-state index is 12.9. The Morgan fingerprint density at radius 3 is 2.70 bits per heavy atom. The summed E-state index contributed by atoms with van der Waals surface area (Å²) in [4.78, 5) is 43.7. The van der Waals surface area contributed by atoms with E-state index in [1.54, 1.807) is 19.1 Å². The third-order valence-electron chi connectivity index (χ3n) is 4.96. The second-order valence-electron chi connectivity index (χ2n) is 7.20. The SMILES string of the molecule is CCn1c(=O)c(=O)[nH]c2cc(C(=O)Nc3ncc(Cc4cccc(C(F)(F)F)c4)s3)ccc21. The molecular weight excluding hydrogens is 457 g/mol. The van der Waals surface area contributed by atoms with Gasteiger partial charge in [-0.1, -0.05) is 18.2 Å². The highest BCUT2D eigenvalue weighted by Gasteiger charge is 2.30. The molecule has 0 aliphatic carbocycles. The number of carbonyl (C=O) groups excluding carboxylic acids is 1. The summed E-state index contributed by atoms with van der Waals surface area (Å²) in [5.74, 6) is -0.480. The highest BCUT2D eigenvalue weighted by atomic mass is 32.1. The van der Waals surface area contributed by atoms with E-state index < -0.39 is 28.8 Å². The summed E-state index contributed by atoms with van der Waals surface area (Å²) in [5, 5.41) is 2.93. The number of thiazole rings is 1. The Labute approximate surface area is 188 Å². The minimum Gasteiger partial charge on any atom is -0.316 e. The maximum absolute atomic E-state index is 12.9. The van der Waals surface area contributed by atoms with Crippen molar-refractivity contribution in [1.82, 2.24) is 14.5 Å². The number of carbonyl (C=O) groups is 1. The average molecular weight is 474 g/mol. The van der Waals surface area contributed by atoms with E-state index >= 15 is 0 Å². The highest BCUT2D eigenvalue weighted by molar-refractivity contribution is 7.15. The summed E-state index contributed by atoms with van der Waals surface area (Å²) >= 11 is 1.15. The summed E-state index contributed by atoms with van der Waals surface area (Å²) in [6, 6.07) is 9.62. The van der Waals surface area contributed by atoms with Crippen LogP contribution >= 0.6 is 11.3 Å². The van der Waals surface area contributed by atoms with Gasteiger partial charge in [-0.2, -0.15) is 13.2 Å². The van der Waals surface area contributed by atoms with Gasteiger partial charge in [0.15, 0.2) is 5.13 Å². The van der Waals surface area contributed by atoms with Crippen molar-refractivity contribution < 1.29 is 18.0 Å². The zero-order valence-corrected chi connectivity index (χ0v) is 18.0. The zero-order valence-electron chi connectivity index (χ0n) is 17.2. The molecule has 0 saturated carbocycles. The Balaban J connectivity index is 1.52. The molecule has 2 aromatic carbocycles. The number of nitrogens with zero attached hydrogens (tertiary/aromatic N) is 2. The van der Waals surface area contributed by atoms with E-state index in [0.29, 0.717) is 28.0 Å². The van der Waals surface area contributed by atoms with Gasteiger partial charge in [-0.15, -0.1) is 11.3 Å². The van der Waals surface area contributed by atoms with Crippen LogP contribution < -0.4 is 16.4 Å². The number of benzene rings is 2. The topological polar surface area (TPSA) is 96.9 Å². The number of aromatic amines is 1. The van der Waals surface area contributed by atoms with E-state index in [4.69, 9.17) is 0 Å². The number of amides is 1. The van der Waals surface area contributed by atoms with Crippen molar-refractivity contribution >= 4 is 33.4 Å². The van der Waals surface area contributed by atoms with Crippen LogP contribution in [0.1, 0.15) is 33.3 Å². The Kier molecular flexibility index (Phi) is 5.90. The number of H-pyrrole nitrogens is 1. The van der Waals surface area contributed by atoms with Crippen molar-refractivity contribution in [1.29, 1.82) is 0 Å². The van der Waals surface area contributed by atoms with Gasteiger partial charge in [0.2, 0.25) is 0 Å². The number of rotatable bonds is 5. The molecule has 4 rings (SSSR count). The van der Waals surface area contributed by atoms with E-state index in [0.717, 1.165) is 23.5 Å². The molecule has 33 heavy (non-hydrogen) atoms. The zero-order chi connectivity index (χ0) is 23.8. The van der Waals surface area contributed by atoms with E-state index in [9.17, 15) is 27.6 Å². The van der Waals surface area contributed by atoms with Crippen molar-refractivity contribution in [3.05, 3.63) is 90.9 Å². The summed E-state index contributed by atoms with van der Waals surface area (Å²) in [5.41, 5.74) is -0.601. The molecule has 0 unspecified atom stereocenters. The van der Waals surface area contributed by atoms with Crippen molar-refractivity contribution in [3.8, 4) is 0 Å². The number of anilines is 1. The van der Waals surface area contributed by atoms with E-state index in [-0.39, 0.29) is 17.1 Å². The number of hydrogen-bond acceptors (Lipinski definition) is 5. The Morgan fingerprint density at radius 2 is 1.97 bits per heavy atom. The number of nitrogens with one attached hydrogen (secondary N) is 2. The highest BCUT2D eigenvalue weighted by Crippen LogP contribution is 2.30. The molecule has 0 radical (unpaired) electrons. The predicted octanol–water partition coefficient (Wildman–Crippen LogP) is 4.03. The summed E-state index contributed by atoms with van der Waals surface area (Å²) < 4.78 is 40.0. The minimum atomic E-state index is -4.42. The maximum Gasteiger partial charge on any atom is 0.416 e. The van der Waals surface area contributed by atoms with Crippen LogP contribution in [0.15, 0.2) is 58.3 Å². The number of aromatic nitrogens is 3. The molecule has 7 nitrogen and oxygen atoms in total. The van der Waals surface area contributed by atoms with Crippen molar-refractivity contribution in [3.63, 3.8) is 0 Å². The van der Waals surface area contributed by atoms with Crippen LogP contribution in [0.2, 0.25) is 0 Å². The van der Waals surface area contributed by atoms with Gasteiger partial charge in [0.25, 0.3) is 5.91 Å². The van der Waals surface area contributed by atoms with Crippen molar-refractivity contribution in [2.75, 3.05) is 5.32 Å². The number of aryl methyl sites for hydroxylation is 1. The van der Waals surface area contributed by atoms with Gasteiger partial charge in [-0.3, -0.25) is 19.7 Å². The quantitative estimate of drug-likeness (QED) is 0.427. The average Bonchev–Trinajstić information content (AvgIpc) is 3.20. The van der Waals surface area contributed by atoms with Gasteiger partial charge in [-0.05, 0) is 36.8 Å². The Morgan fingerprint density at radius 1 is 1.18 bits per heavy atom. The number of hydrogen-bond donors (Lipinski definition) is 2. The van der Waals surface area contributed by atoms with Crippen molar-refractivity contribution in [2.45, 2.75) is 26.1 Å². The second kappa shape index (κ2) is 8.66. The van der Waals surface area contributed by atoms with E-state index in [2.05, 4.69) is 15.3 Å². The lowest BCUT2D eigenvalue weighted by molar-refractivity contribution is -0.137. The molecule has 0 fully saturated rings. The van der Waals surface area contributed by atoms with Crippen LogP contribution in [0, 0.1) is 0 Å². The van der Waals surface area contributed by atoms with Gasteiger partial charge in [-0.25, -0.2) is 4.98 Å². The first-order chi connectivity index (χ1) is 15.7. The van der Waals surface area contributed by atoms with Gasteiger partial charge in [0, 0.05) is 29.6 Å². The molecule has 1 amide bonds. The predicted molar refractivity (Wildman–Crippen MR) is 119 cm³/mol. The Bertz CT molecular complexity index is 1470. The van der Waals surface area contributed by atoms with Crippen LogP contribution in [0.5, 0.6) is 0 Å². The van der Waals surface area contributed by atoms with Gasteiger partial charge >= 0.3 is 17.3 Å². The van der Waals surface area contributed by atoms with E-state index in [1.165, 1.54) is 29.0 Å². The standard InChI is InChI=1S/C22H17F3N4O3S/c1-2-29-17-7-6-13(10-16(17)27-19(31)20(29)32)18(30)28-21-26-11-15(33-21)9-12-4-3-5-14(8-12)22(23,24)25/h3-8,10-11H,2,9H2,1H3,(H,27,31)(H,26,28,30). The lowest BCUT2D eigenvalue weighted by Gasteiger charge is -2.08. The molecule has 0 aliphatic heterocycles. The van der Waals surface area contributed by atoms with Crippen LogP contribution in [-0.4, -0.2) is 20.4 Å². The molecule has 170 valence electrons. The molecule has 2 aromatic heterocycles. The second-order valence-corrected chi connectivity index (χ2v) is 8.31. The van der Waals surface area contributed by atoms with Crippen LogP contribution in [0.3, 0.4) is 0 Å². The lowest BCUT2D eigenvalue weighted by atomic mass is 10.1. The fourth-order valence-electron chi connectivity index (χ4n) is 3.41. The third-order valence-corrected chi connectivity index (χ3v) is 5.87. The minimum absolute atomic E-state index is 0.239. The molecule has 11 heteroatoms. The molecule has 0 atom stereocenters. The van der Waals surface area contributed by atoms with Crippen LogP contribution in [0.25, 0.3) is 11.0 Å². The molecule has 0 saturated heterocycles. The first-order valence-corrected chi connectivity index (χ1v) is 10.7. The fraction of sp³-hybridized carbons (Fsp3) is 0.182. The molecule has 0 aliphatic rings. The number of alkyl halides is 3. The molecule has 0 bridgehead atoms. The van der Waals surface area contributed by atoms with Gasteiger partial charge in [0.1, 0.15) is 0 Å².